The lowest BCUT2D eigenvalue weighted by Crippen LogP contribution is -2.44. The maximum Gasteiger partial charge on any atom is 0.461 e. The van der Waals surface area contributed by atoms with E-state index in [1.807, 2.05) is 0 Å². The zero-order chi connectivity index (χ0) is 16.3. The first-order valence-electron chi connectivity index (χ1n) is 6.04. The van der Waals surface area contributed by atoms with E-state index in [-0.39, 0.29) is 24.7 Å². The van der Waals surface area contributed by atoms with Crippen molar-refractivity contribution in [2.24, 2.45) is 0 Å². The van der Waals surface area contributed by atoms with Crippen molar-refractivity contribution >= 4 is 5.78 Å². The van der Waals surface area contributed by atoms with E-state index in [1.165, 1.54) is 6.92 Å². The summed E-state index contributed by atoms with van der Waals surface area (Å²) in [4.78, 5) is 11.5. The van der Waals surface area contributed by atoms with E-state index in [1.54, 1.807) is 6.92 Å². The molecule has 0 aromatic heterocycles. The number of carbonyl (C=O) groups is 1. The van der Waals surface area contributed by atoms with Gasteiger partial charge in [-0.1, -0.05) is 0 Å². The molecule has 0 radical (unpaired) electrons. The molecule has 1 aromatic rings. The third kappa shape index (κ3) is 3.62. The summed E-state index contributed by atoms with van der Waals surface area (Å²) in [6, 6.07) is 3.07. The summed E-state index contributed by atoms with van der Waals surface area (Å²) < 4.78 is 73.0. The Morgan fingerprint density at radius 2 is 1.62 bits per heavy atom. The molecular formula is C13H13F5O3. The van der Waals surface area contributed by atoms with Crippen LogP contribution in [0.3, 0.4) is 0 Å². The fourth-order valence-electron chi connectivity index (χ4n) is 1.52. The number of ketones is 1. The number of Topliss-reactive ketones (excluding diaryl/α,β-unsaturated/α-hetero) is 1. The Bertz CT molecular complexity index is 511. The van der Waals surface area contributed by atoms with Gasteiger partial charge in [0, 0.05) is 6.07 Å². The molecule has 0 atom stereocenters. The molecule has 118 valence electrons. The van der Waals surface area contributed by atoms with Crippen LogP contribution in [0.4, 0.5) is 22.0 Å². The number of hydrogen-bond acceptors (Lipinski definition) is 3. The quantitative estimate of drug-likeness (QED) is 0.591. The van der Waals surface area contributed by atoms with Gasteiger partial charge < -0.3 is 9.47 Å². The first-order valence-corrected chi connectivity index (χ1v) is 6.04. The van der Waals surface area contributed by atoms with Crippen LogP contribution < -0.4 is 9.47 Å². The van der Waals surface area contributed by atoms with Crippen LogP contribution in [0.5, 0.6) is 11.5 Å². The maximum atomic E-state index is 13.1. The fourth-order valence-corrected chi connectivity index (χ4v) is 1.52. The van der Waals surface area contributed by atoms with E-state index in [2.05, 4.69) is 0 Å². The van der Waals surface area contributed by atoms with Crippen molar-refractivity contribution in [1.29, 1.82) is 0 Å². The molecular weight excluding hydrogens is 299 g/mol. The highest BCUT2D eigenvalue weighted by Gasteiger charge is 2.63. The van der Waals surface area contributed by atoms with Gasteiger partial charge in [-0.15, -0.1) is 0 Å². The number of carbonyl (C=O) groups excluding carboxylic acids is 1. The van der Waals surface area contributed by atoms with E-state index in [0.717, 1.165) is 18.2 Å². The van der Waals surface area contributed by atoms with Crippen LogP contribution in [-0.2, 0) is 0 Å². The van der Waals surface area contributed by atoms with Crippen molar-refractivity contribution in [3.05, 3.63) is 23.8 Å². The van der Waals surface area contributed by atoms with Gasteiger partial charge in [0.2, 0.25) is 5.78 Å². The third-order valence-corrected chi connectivity index (χ3v) is 2.45. The molecule has 0 saturated heterocycles. The van der Waals surface area contributed by atoms with Gasteiger partial charge in [0.05, 0.1) is 18.8 Å². The number of rotatable bonds is 6. The van der Waals surface area contributed by atoms with Gasteiger partial charge in [-0.25, -0.2) is 0 Å². The summed E-state index contributed by atoms with van der Waals surface area (Å²) >= 11 is 0. The summed E-state index contributed by atoms with van der Waals surface area (Å²) in [5.74, 6) is -8.02. The standard InChI is InChI=1S/C13H13F5O3/c1-3-20-8-5-6-9(10(7-8)21-4-2)11(19)12(14,15)13(16,17)18/h5-7H,3-4H2,1-2H3. The van der Waals surface area contributed by atoms with E-state index in [0.29, 0.717) is 0 Å². The van der Waals surface area contributed by atoms with Gasteiger partial charge in [0.25, 0.3) is 0 Å². The predicted octanol–water partition coefficient (Wildman–Crippen LogP) is 3.86. The normalized spacial score (nSPS) is 12.1. The van der Waals surface area contributed by atoms with Crippen LogP contribution in [-0.4, -0.2) is 31.1 Å². The topological polar surface area (TPSA) is 35.5 Å². The van der Waals surface area contributed by atoms with Crippen LogP contribution in [0, 0.1) is 0 Å². The largest absolute Gasteiger partial charge is 0.494 e. The number of halogens is 5. The number of hydrogen-bond donors (Lipinski definition) is 0. The summed E-state index contributed by atoms with van der Waals surface area (Å²) in [7, 11) is 0. The molecule has 0 aliphatic heterocycles. The van der Waals surface area contributed by atoms with Crippen LogP contribution in [0.15, 0.2) is 18.2 Å². The van der Waals surface area contributed by atoms with Crippen molar-refractivity contribution in [3.63, 3.8) is 0 Å². The second-order valence-corrected chi connectivity index (χ2v) is 3.93. The maximum absolute atomic E-state index is 13.1. The van der Waals surface area contributed by atoms with Crippen LogP contribution in [0.25, 0.3) is 0 Å². The van der Waals surface area contributed by atoms with Crippen LogP contribution in [0.1, 0.15) is 24.2 Å². The molecule has 8 heteroatoms. The Morgan fingerprint density at radius 1 is 1.05 bits per heavy atom. The molecule has 1 aromatic carbocycles. The van der Waals surface area contributed by atoms with Crippen molar-refractivity contribution in [2.45, 2.75) is 25.9 Å². The molecule has 21 heavy (non-hydrogen) atoms. The Labute approximate surface area is 117 Å². The molecule has 0 unspecified atom stereocenters. The summed E-state index contributed by atoms with van der Waals surface area (Å²) in [5, 5.41) is 0. The van der Waals surface area contributed by atoms with Gasteiger partial charge in [-0.3, -0.25) is 4.79 Å². The Kier molecular flexibility index (Phi) is 5.14. The zero-order valence-corrected chi connectivity index (χ0v) is 11.3. The van der Waals surface area contributed by atoms with E-state index < -0.39 is 23.4 Å². The third-order valence-electron chi connectivity index (χ3n) is 2.45. The fraction of sp³-hybridized carbons (Fsp3) is 0.462. The van der Waals surface area contributed by atoms with E-state index in [9.17, 15) is 26.7 Å². The summed E-state index contributed by atoms with van der Waals surface area (Å²) in [6.45, 7) is 3.42. The lowest BCUT2D eigenvalue weighted by molar-refractivity contribution is -0.255. The second-order valence-electron chi connectivity index (χ2n) is 3.93. The number of benzene rings is 1. The molecule has 0 spiro atoms. The average molecular weight is 312 g/mol. The smallest absolute Gasteiger partial charge is 0.461 e. The number of ether oxygens (including phenoxy) is 2. The molecule has 1 rings (SSSR count). The molecule has 0 aliphatic rings. The van der Waals surface area contributed by atoms with Crippen LogP contribution in [0.2, 0.25) is 0 Å². The molecule has 3 nitrogen and oxygen atoms in total. The molecule has 0 saturated carbocycles. The monoisotopic (exact) mass is 312 g/mol. The van der Waals surface area contributed by atoms with Crippen molar-refractivity contribution in [2.75, 3.05) is 13.2 Å². The minimum Gasteiger partial charge on any atom is -0.494 e. The van der Waals surface area contributed by atoms with Crippen molar-refractivity contribution in [3.8, 4) is 11.5 Å². The molecule has 0 bridgehead atoms. The molecule has 0 fully saturated rings. The van der Waals surface area contributed by atoms with E-state index >= 15 is 0 Å². The molecule has 0 aliphatic carbocycles. The summed E-state index contributed by atoms with van der Waals surface area (Å²) in [5.41, 5.74) is -0.845. The zero-order valence-electron chi connectivity index (χ0n) is 11.3. The minimum atomic E-state index is -5.97. The first-order chi connectivity index (χ1) is 9.65. The highest BCUT2D eigenvalue weighted by atomic mass is 19.4. The van der Waals surface area contributed by atoms with Crippen molar-refractivity contribution in [1.82, 2.24) is 0 Å². The Balaban J connectivity index is 3.26. The Morgan fingerprint density at radius 3 is 2.10 bits per heavy atom. The second kappa shape index (κ2) is 6.28. The van der Waals surface area contributed by atoms with Gasteiger partial charge in [-0.05, 0) is 26.0 Å². The lowest BCUT2D eigenvalue weighted by Gasteiger charge is -2.20. The predicted molar refractivity (Wildman–Crippen MR) is 64.1 cm³/mol. The van der Waals surface area contributed by atoms with Gasteiger partial charge in [0.1, 0.15) is 11.5 Å². The van der Waals surface area contributed by atoms with Gasteiger partial charge in [0.15, 0.2) is 0 Å². The SMILES string of the molecule is CCOc1ccc(C(=O)C(F)(F)C(F)(F)F)c(OCC)c1. The highest BCUT2D eigenvalue weighted by Crippen LogP contribution is 2.40. The molecule has 0 heterocycles. The van der Waals surface area contributed by atoms with Gasteiger partial charge in [-0.2, -0.15) is 22.0 Å². The molecule has 0 N–H and O–H groups in total. The van der Waals surface area contributed by atoms with E-state index in [4.69, 9.17) is 9.47 Å². The lowest BCUT2D eigenvalue weighted by atomic mass is 10.0. The minimum absolute atomic E-state index is 0.00650. The highest BCUT2D eigenvalue weighted by molar-refractivity contribution is 6.04. The van der Waals surface area contributed by atoms with Gasteiger partial charge >= 0.3 is 12.1 Å². The van der Waals surface area contributed by atoms with Crippen molar-refractivity contribution < 1.29 is 36.2 Å². The average Bonchev–Trinajstić information content (AvgIpc) is 2.38. The van der Waals surface area contributed by atoms with Crippen LogP contribution >= 0.6 is 0 Å². The summed E-state index contributed by atoms with van der Waals surface area (Å²) in [6.07, 6.45) is -5.97. The molecule has 0 amide bonds. The number of alkyl halides is 5. The Hall–Kier alpha value is -1.86. The first kappa shape index (κ1) is 17.2.